The Morgan fingerprint density at radius 1 is 0.750 bits per heavy atom. The Kier molecular flexibility index (Phi) is 10.9. The molecule has 0 atom stereocenters. The maximum Gasteiger partial charge on any atom is 0.00721 e. The highest BCUT2D eigenvalue weighted by molar-refractivity contribution is 7.80. The second-order valence-electron chi connectivity index (χ2n) is 4.11. The molecular weight excluding hydrogens is 260 g/mol. The predicted molar refractivity (Wildman–Crippen MR) is 95.0 cm³/mol. The quantitative estimate of drug-likeness (QED) is 0.646. The lowest BCUT2D eigenvalue weighted by Crippen LogP contribution is -1.92. The fourth-order valence-corrected chi connectivity index (χ4v) is 2.03. The lowest BCUT2D eigenvalue weighted by atomic mass is 10.0. The van der Waals surface area contributed by atoms with Crippen molar-refractivity contribution in [2.75, 3.05) is 0 Å². The maximum atomic E-state index is 4.46. The summed E-state index contributed by atoms with van der Waals surface area (Å²) in [4.78, 5) is 1.09. The molecule has 0 fully saturated rings. The van der Waals surface area contributed by atoms with Crippen molar-refractivity contribution in [2.24, 2.45) is 0 Å². The molecule has 1 heteroatoms. The van der Waals surface area contributed by atoms with Gasteiger partial charge in [-0.15, -0.1) is 12.6 Å². The van der Waals surface area contributed by atoms with Crippen molar-refractivity contribution in [3.8, 4) is 0 Å². The molecule has 0 bridgehead atoms. The third-order valence-corrected chi connectivity index (χ3v) is 3.23. The van der Waals surface area contributed by atoms with Crippen LogP contribution in [0.2, 0.25) is 0 Å². The van der Waals surface area contributed by atoms with Crippen molar-refractivity contribution in [3.63, 3.8) is 0 Å². The minimum atomic E-state index is 1.06. The maximum absolute atomic E-state index is 4.46. The Balaban J connectivity index is 0.000000829. The van der Waals surface area contributed by atoms with Crippen molar-refractivity contribution >= 4 is 12.6 Å². The zero-order valence-corrected chi connectivity index (χ0v) is 14.4. The highest BCUT2D eigenvalue weighted by atomic mass is 32.1. The lowest BCUT2D eigenvalue weighted by molar-refractivity contribution is 0.935. The first kappa shape index (κ1) is 18.8. The van der Waals surface area contributed by atoms with E-state index in [2.05, 4.69) is 56.0 Å². The van der Waals surface area contributed by atoms with Gasteiger partial charge in [-0.3, -0.25) is 0 Å². The van der Waals surface area contributed by atoms with Crippen LogP contribution >= 0.6 is 12.6 Å². The van der Waals surface area contributed by atoms with Gasteiger partial charge in [-0.25, -0.2) is 0 Å². The van der Waals surface area contributed by atoms with Gasteiger partial charge in [-0.05, 0) is 37.0 Å². The highest BCUT2D eigenvalue weighted by Gasteiger charge is 1.98. The van der Waals surface area contributed by atoms with Crippen LogP contribution in [0.1, 0.15) is 44.4 Å². The molecule has 0 aromatic heterocycles. The molecule has 0 amide bonds. The van der Waals surface area contributed by atoms with Gasteiger partial charge in [0.15, 0.2) is 0 Å². The SMILES string of the molecule is CC.CC.Cc1ccc(CCc2ccccc2S)cc1. The second kappa shape index (κ2) is 11.6. The van der Waals surface area contributed by atoms with Crippen LogP contribution in [-0.4, -0.2) is 0 Å². The molecule has 20 heavy (non-hydrogen) atoms. The normalized spacial score (nSPS) is 8.90. The van der Waals surface area contributed by atoms with Gasteiger partial charge in [0.1, 0.15) is 0 Å². The van der Waals surface area contributed by atoms with Crippen LogP contribution in [0, 0.1) is 6.92 Å². The minimum absolute atomic E-state index is 1.06. The monoisotopic (exact) mass is 288 g/mol. The molecule has 2 rings (SSSR count). The molecule has 0 heterocycles. The topological polar surface area (TPSA) is 0 Å². The van der Waals surface area contributed by atoms with Gasteiger partial charge in [0.2, 0.25) is 0 Å². The molecule has 0 radical (unpaired) electrons. The molecule has 2 aromatic carbocycles. The van der Waals surface area contributed by atoms with E-state index in [1.807, 2.05) is 39.8 Å². The summed E-state index contributed by atoms with van der Waals surface area (Å²) in [5.41, 5.74) is 4.03. The van der Waals surface area contributed by atoms with Gasteiger partial charge in [0, 0.05) is 4.90 Å². The number of hydrogen-bond acceptors (Lipinski definition) is 1. The van der Waals surface area contributed by atoms with Crippen LogP contribution in [0.15, 0.2) is 53.4 Å². The van der Waals surface area contributed by atoms with Crippen molar-refractivity contribution < 1.29 is 0 Å². The van der Waals surface area contributed by atoms with E-state index >= 15 is 0 Å². The Morgan fingerprint density at radius 3 is 1.85 bits per heavy atom. The summed E-state index contributed by atoms with van der Waals surface area (Å²) >= 11 is 4.46. The standard InChI is InChI=1S/C15H16S.2C2H6/c1-12-6-8-13(9-7-12)10-11-14-4-2-3-5-15(14)16;2*1-2/h2-9,16H,10-11H2,1H3;2*1-2H3. The summed E-state index contributed by atoms with van der Waals surface area (Å²) in [6.45, 7) is 10.1. The lowest BCUT2D eigenvalue weighted by Gasteiger charge is -2.05. The summed E-state index contributed by atoms with van der Waals surface area (Å²) in [5.74, 6) is 0. The largest absolute Gasteiger partial charge is 0.143 e. The van der Waals surface area contributed by atoms with E-state index in [0.717, 1.165) is 17.7 Å². The Morgan fingerprint density at radius 2 is 1.30 bits per heavy atom. The minimum Gasteiger partial charge on any atom is -0.143 e. The van der Waals surface area contributed by atoms with Gasteiger partial charge in [-0.1, -0.05) is 75.7 Å². The number of benzene rings is 2. The molecule has 0 unspecified atom stereocenters. The Hall–Kier alpha value is -1.21. The molecule has 2 aromatic rings. The molecular formula is C19H28S. The first-order valence-electron chi connectivity index (χ1n) is 7.58. The molecule has 0 nitrogen and oxygen atoms in total. The van der Waals surface area contributed by atoms with Crippen molar-refractivity contribution in [1.82, 2.24) is 0 Å². The van der Waals surface area contributed by atoms with E-state index in [-0.39, 0.29) is 0 Å². The summed E-state index contributed by atoms with van der Waals surface area (Å²) in [6, 6.07) is 17.0. The third-order valence-electron chi connectivity index (χ3n) is 2.80. The fraction of sp³-hybridized carbons (Fsp3) is 0.368. The van der Waals surface area contributed by atoms with Crippen LogP contribution in [0.3, 0.4) is 0 Å². The molecule has 0 saturated heterocycles. The fourth-order valence-electron chi connectivity index (χ4n) is 1.76. The summed E-state index contributed by atoms with van der Waals surface area (Å²) < 4.78 is 0. The van der Waals surface area contributed by atoms with E-state index in [1.54, 1.807) is 0 Å². The molecule has 110 valence electrons. The molecule has 0 aliphatic carbocycles. The highest BCUT2D eigenvalue weighted by Crippen LogP contribution is 2.15. The average molecular weight is 288 g/mol. The van der Waals surface area contributed by atoms with E-state index in [1.165, 1.54) is 16.7 Å². The predicted octanol–water partition coefficient (Wildman–Crippen LogP) is 6.12. The molecule has 0 saturated carbocycles. The molecule has 0 N–H and O–H groups in total. The number of thiol groups is 1. The second-order valence-corrected chi connectivity index (χ2v) is 4.60. The van der Waals surface area contributed by atoms with Crippen molar-refractivity contribution in [3.05, 3.63) is 65.2 Å². The Labute approximate surface area is 130 Å². The average Bonchev–Trinajstić information content (AvgIpc) is 2.52. The number of hydrogen-bond donors (Lipinski definition) is 1. The summed E-state index contributed by atoms with van der Waals surface area (Å²) in [5, 5.41) is 0. The molecule has 0 spiro atoms. The smallest absolute Gasteiger partial charge is 0.00721 e. The van der Waals surface area contributed by atoms with Gasteiger partial charge in [-0.2, -0.15) is 0 Å². The Bertz CT molecular complexity index is 457. The van der Waals surface area contributed by atoms with E-state index in [4.69, 9.17) is 0 Å². The van der Waals surface area contributed by atoms with Crippen LogP contribution in [-0.2, 0) is 12.8 Å². The number of aryl methyl sites for hydroxylation is 3. The summed E-state index contributed by atoms with van der Waals surface area (Å²) in [7, 11) is 0. The van der Waals surface area contributed by atoms with Crippen molar-refractivity contribution in [1.29, 1.82) is 0 Å². The van der Waals surface area contributed by atoms with E-state index in [0.29, 0.717) is 0 Å². The number of rotatable bonds is 3. The van der Waals surface area contributed by atoms with Crippen LogP contribution in [0.5, 0.6) is 0 Å². The van der Waals surface area contributed by atoms with Crippen LogP contribution < -0.4 is 0 Å². The van der Waals surface area contributed by atoms with Gasteiger partial charge in [0.05, 0.1) is 0 Å². The first-order chi connectivity index (χ1) is 9.75. The zero-order valence-electron chi connectivity index (χ0n) is 13.5. The first-order valence-corrected chi connectivity index (χ1v) is 8.03. The zero-order chi connectivity index (χ0) is 15.4. The van der Waals surface area contributed by atoms with Crippen LogP contribution in [0.25, 0.3) is 0 Å². The van der Waals surface area contributed by atoms with E-state index < -0.39 is 0 Å². The summed E-state index contributed by atoms with van der Waals surface area (Å²) in [6.07, 6.45) is 2.14. The van der Waals surface area contributed by atoms with Gasteiger partial charge in [0.25, 0.3) is 0 Å². The van der Waals surface area contributed by atoms with Crippen LogP contribution in [0.4, 0.5) is 0 Å². The van der Waals surface area contributed by atoms with Gasteiger partial charge >= 0.3 is 0 Å². The van der Waals surface area contributed by atoms with Gasteiger partial charge < -0.3 is 0 Å². The molecule has 0 aliphatic rings. The van der Waals surface area contributed by atoms with Crippen molar-refractivity contribution in [2.45, 2.75) is 52.4 Å². The molecule has 0 aliphatic heterocycles. The third kappa shape index (κ3) is 6.81. The van der Waals surface area contributed by atoms with E-state index in [9.17, 15) is 0 Å².